The molecule has 4 nitrogen and oxygen atoms in total. The van der Waals surface area contributed by atoms with Gasteiger partial charge in [0.05, 0.1) is 5.60 Å². The molecule has 0 unspecified atom stereocenters. The van der Waals surface area contributed by atoms with E-state index < -0.39 is 5.60 Å². The fraction of sp³-hybridized carbons (Fsp3) is 0.733. The van der Waals surface area contributed by atoms with Crippen molar-refractivity contribution < 1.29 is 5.11 Å². The fourth-order valence-electron chi connectivity index (χ4n) is 3.37. The molecule has 2 heterocycles. The molecule has 0 spiro atoms. The van der Waals surface area contributed by atoms with E-state index in [-0.39, 0.29) is 0 Å². The van der Waals surface area contributed by atoms with Crippen molar-refractivity contribution in [2.45, 2.75) is 50.5 Å². The molecule has 0 aromatic carbocycles. The summed E-state index contributed by atoms with van der Waals surface area (Å²) >= 11 is 0. The van der Waals surface area contributed by atoms with E-state index in [1.165, 1.54) is 19.3 Å². The van der Waals surface area contributed by atoms with Gasteiger partial charge in [0.15, 0.2) is 0 Å². The molecular weight excluding hydrogens is 238 g/mol. The van der Waals surface area contributed by atoms with E-state index in [2.05, 4.69) is 14.9 Å². The van der Waals surface area contributed by atoms with Crippen LogP contribution in [-0.2, 0) is 0 Å². The lowest BCUT2D eigenvalue weighted by molar-refractivity contribution is -0.0445. The molecule has 1 aromatic rings. The zero-order valence-corrected chi connectivity index (χ0v) is 11.7. The summed E-state index contributed by atoms with van der Waals surface area (Å²) in [6.07, 6.45) is 7.43. The molecule has 0 bridgehead atoms. The second-order valence-electron chi connectivity index (χ2n) is 6.20. The minimum atomic E-state index is -0.426. The number of aryl methyl sites for hydroxylation is 1. The van der Waals surface area contributed by atoms with Crippen molar-refractivity contribution in [2.24, 2.45) is 0 Å². The summed E-state index contributed by atoms with van der Waals surface area (Å²) in [5, 5.41) is 10.5. The summed E-state index contributed by atoms with van der Waals surface area (Å²) in [7, 11) is 0. The molecule has 1 N–H and O–H groups in total. The summed E-state index contributed by atoms with van der Waals surface area (Å²) in [4.78, 5) is 11.0. The van der Waals surface area contributed by atoms with Gasteiger partial charge in [0, 0.05) is 37.4 Å². The summed E-state index contributed by atoms with van der Waals surface area (Å²) < 4.78 is 0. The summed E-state index contributed by atoms with van der Waals surface area (Å²) in [6, 6.07) is 2.02. The third kappa shape index (κ3) is 2.95. The third-order valence-electron chi connectivity index (χ3n) is 4.48. The van der Waals surface area contributed by atoms with Gasteiger partial charge in [0.2, 0.25) is 0 Å². The van der Waals surface area contributed by atoms with E-state index in [0.717, 1.165) is 44.0 Å². The Hall–Kier alpha value is -1.00. The monoisotopic (exact) mass is 261 g/mol. The van der Waals surface area contributed by atoms with E-state index >= 15 is 0 Å². The van der Waals surface area contributed by atoms with Crippen molar-refractivity contribution in [3.05, 3.63) is 23.8 Å². The fourth-order valence-corrected chi connectivity index (χ4v) is 3.37. The maximum atomic E-state index is 10.5. The number of hydrogen-bond acceptors (Lipinski definition) is 4. The Kier molecular flexibility index (Phi) is 3.54. The van der Waals surface area contributed by atoms with E-state index in [0.29, 0.717) is 5.92 Å². The Labute approximate surface area is 114 Å². The normalized spacial score (nSPS) is 24.1. The van der Waals surface area contributed by atoms with Crippen LogP contribution in [0.4, 0.5) is 0 Å². The Bertz CT molecular complexity index is 437. The number of likely N-dealkylation sites (tertiary alicyclic amines) is 1. The molecule has 0 amide bonds. The maximum absolute atomic E-state index is 10.5. The van der Waals surface area contributed by atoms with Crippen LogP contribution in [0.3, 0.4) is 0 Å². The van der Waals surface area contributed by atoms with Gasteiger partial charge in [-0.05, 0) is 25.8 Å². The number of rotatable bonds is 3. The topological polar surface area (TPSA) is 49.2 Å². The van der Waals surface area contributed by atoms with Crippen molar-refractivity contribution in [3.8, 4) is 0 Å². The van der Waals surface area contributed by atoms with E-state index in [1.807, 2.05) is 19.2 Å². The van der Waals surface area contributed by atoms with Crippen LogP contribution in [-0.4, -0.2) is 45.2 Å². The molecule has 1 saturated heterocycles. The second kappa shape index (κ2) is 5.17. The van der Waals surface area contributed by atoms with Gasteiger partial charge in [-0.15, -0.1) is 0 Å². The first kappa shape index (κ1) is 13.0. The van der Waals surface area contributed by atoms with Crippen molar-refractivity contribution in [1.82, 2.24) is 14.9 Å². The predicted molar refractivity (Wildman–Crippen MR) is 74.0 cm³/mol. The largest absolute Gasteiger partial charge is 0.389 e. The van der Waals surface area contributed by atoms with Gasteiger partial charge >= 0.3 is 0 Å². The van der Waals surface area contributed by atoms with Crippen molar-refractivity contribution in [2.75, 3.05) is 19.6 Å². The quantitative estimate of drug-likeness (QED) is 0.902. The highest BCUT2D eigenvalue weighted by molar-refractivity contribution is 5.13. The molecule has 1 aliphatic heterocycles. The molecule has 4 heteroatoms. The zero-order chi connectivity index (χ0) is 13.3. The summed E-state index contributed by atoms with van der Waals surface area (Å²) in [5.41, 5.74) is 0.726. The van der Waals surface area contributed by atoms with Crippen LogP contribution in [0.25, 0.3) is 0 Å². The number of hydrogen-bond donors (Lipinski definition) is 1. The van der Waals surface area contributed by atoms with Crippen molar-refractivity contribution in [1.29, 1.82) is 0 Å². The number of nitrogens with zero attached hydrogens (tertiary/aromatic N) is 3. The number of aromatic nitrogens is 2. The SMILES string of the molecule is Cc1nccc(C2CN(CC3(O)CCCCC3)C2)n1. The zero-order valence-electron chi connectivity index (χ0n) is 11.7. The maximum Gasteiger partial charge on any atom is 0.125 e. The van der Waals surface area contributed by atoms with Gasteiger partial charge in [-0.25, -0.2) is 9.97 Å². The van der Waals surface area contributed by atoms with Gasteiger partial charge in [0.1, 0.15) is 5.82 Å². The van der Waals surface area contributed by atoms with Gasteiger partial charge < -0.3 is 5.11 Å². The summed E-state index contributed by atoms with van der Waals surface area (Å²) in [5.74, 6) is 1.37. The minimum absolute atomic E-state index is 0.426. The smallest absolute Gasteiger partial charge is 0.125 e. The number of β-amino-alcohol motifs (C(OH)–C–C–N with tert-alkyl or cyclic N) is 1. The van der Waals surface area contributed by atoms with Gasteiger partial charge in [-0.2, -0.15) is 0 Å². The van der Waals surface area contributed by atoms with Gasteiger partial charge in [0.25, 0.3) is 0 Å². The molecular formula is C15H23N3O. The molecule has 1 aromatic heterocycles. The first-order valence-corrected chi connectivity index (χ1v) is 7.39. The van der Waals surface area contributed by atoms with Crippen LogP contribution in [0.2, 0.25) is 0 Å². The molecule has 1 aliphatic carbocycles. The van der Waals surface area contributed by atoms with Crippen LogP contribution in [0, 0.1) is 6.92 Å². The predicted octanol–water partition coefficient (Wildman–Crippen LogP) is 1.88. The Morgan fingerprint density at radius 1 is 1.32 bits per heavy atom. The molecule has 2 fully saturated rings. The van der Waals surface area contributed by atoms with Crippen LogP contribution in [0.15, 0.2) is 12.3 Å². The standard InChI is InChI=1S/C15H23N3O/c1-12-16-8-5-14(17-12)13-9-18(10-13)11-15(19)6-3-2-4-7-15/h5,8,13,19H,2-4,6-7,9-11H2,1H3. The van der Waals surface area contributed by atoms with Gasteiger partial charge in [-0.3, -0.25) is 4.90 Å². The molecule has 104 valence electrons. The third-order valence-corrected chi connectivity index (χ3v) is 4.48. The highest BCUT2D eigenvalue weighted by Gasteiger charge is 2.37. The highest BCUT2D eigenvalue weighted by atomic mass is 16.3. The van der Waals surface area contributed by atoms with Crippen LogP contribution in [0.5, 0.6) is 0 Å². The van der Waals surface area contributed by atoms with Crippen molar-refractivity contribution in [3.63, 3.8) is 0 Å². The Morgan fingerprint density at radius 3 is 2.74 bits per heavy atom. The van der Waals surface area contributed by atoms with E-state index in [4.69, 9.17) is 0 Å². The van der Waals surface area contributed by atoms with E-state index in [1.54, 1.807) is 0 Å². The average Bonchev–Trinajstić information content (AvgIpc) is 2.34. The lowest BCUT2D eigenvalue weighted by atomic mass is 9.83. The molecule has 1 saturated carbocycles. The lowest BCUT2D eigenvalue weighted by Gasteiger charge is -2.44. The highest BCUT2D eigenvalue weighted by Crippen LogP contribution is 2.33. The van der Waals surface area contributed by atoms with Crippen LogP contribution in [0.1, 0.15) is 49.5 Å². The molecule has 0 radical (unpaired) electrons. The minimum Gasteiger partial charge on any atom is -0.389 e. The first-order chi connectivity index (χ1) is 9.15. The van der Waals surface area contributed by atoms with E-state index in [9.17, 15) is 5.11 Å². The van der Waals surface area contributed by atoms with Crippen LogP contribution >= 0.6 is 0 Å². The average molecular weight is 261 g/mol. The molecule has 2 aliphatic rings. The Balaban J connectivity index is 1.52. The first-order valence-electron chi connectivity index (χ1n) is 7.39. The molecule has 3 rings (SSSR count). The van der Waals surface area contributed by atoms with Crippen molar-refractivity contribution >= 4 is 0 Å². The van der Waals surface area contributed by atoms with Gasteiger partial charge in [-0.1, -0.05) is 19.3 Å². The molecule has 19 heavy (non-hydrogen) atoms. The second-order valence-corrected chi connectivity index (χ2v) is 6.20. The lowest BCUT2D eigenvalue weighted by Crippen LogP contribution is -2.53. The van der Waals surface area contributed by atoms with Crippen LogP contribution < -0.4 is 0 Å². The molecule has 0 atom stereocenters. The summed E-state index contributed by atoms with van der Waals surface area (Å²) in [6.45, 7) is 4.83. The number of aliphatic hydroxyl groups is 1. The Morgan fingerprint density at radius 2 is 2.05 bits per heavy atom.